The Morgan fingerprint density at radius 2 is 1.74 bits per heavy atom. The molecule has 2 saturated heterocycles. The van der Waals surface area contributed by atoms with Crippen molar-refractivity contribution < 1.29 is 18.7 Å². The van der Waals surface area contributed by atoms with E-state index in [-0.39, 0.29) is 35.5 Å². The predicted octanol–water partition coefficient (Wildman–Crippen LogP) is 4.51. The molecule has 3 fully saturated rings. The minimum Gasteiger partial charge on any atom is -0.497 e. The van der Waals surface area contributed by atoms with Gasteiger partial charge in [-0.3, -0.25) is 9.59 Å². The second kappa shape index (κ2) is 9.05. The van der Waals surface area contributed by atoms with Crippen molar-refractivity contribution in [2.24, 2.45) is 5.92 Å². The van der Waals surface area contributed by atoms with Crippen LogP contribution in [0.4, 0.5) is 4.39 Å². The van der Waals surface area contributed by atoms with Crippen LogP contribution in [0.5, 0.6) is 5.75 Å². The summed E-state index contributed by atoms with van der Waals surface area (Å²) < 4.78 is 20.2. The first-order valence-electron chi connectivity index (χ1n) is 12.4. The molecule has 0 unspecified atom stereocenters. The van der Waals surface area contributed by atoms with Gasteiger partial charge in [0.2, 0.25) is 11.8 Å². The highest BCUT2D eigenvalue weighted by molar-refractivity contribution is 5.89. The maximum atomic E-state index is 14.9. The summed E-state index contributed by atoms with van der Waals surface area (Å²) in [4.78, 5) is 30.5. The van der Waals surface area contributed by atoms with Gasteiger partial charge in [0, 0.05) is 50.0 Å². The zero-order chi connectivity index (χ0) is 23.9. The molecule has 34 heavy (non-hydrogen) atoms. The van der Waals surface area contributed by atoms with Crippen LogP contribution in [0.25, 0.3) is 0 Å². The first-order chi connectivity index (χ1) is 16.4. The van der Waals surface area contributed by atoms with Crippen molar-refractivity contribution in [3.8, 4) is 5.75 Å². The standard InChI is InChI=1S/C28H33FN2O3/c1-19(32)31-18-22(20-9-11-21(34-2)12-10-20)23-17-30(16-13-26(23)31)27(33)28(14-5-6-15-28)24-7-3-4-8-25(24)29/h3-4,7-12,22-23,26H,5-6,13-18H2,1-2H3/t22-,23-,26-/m1/s1. The number of piperidine rings is 1. The Morgan fingerprint density at radius 3 is 2.38 bits per heavy atom. The van der Waals surface area contributed by atoms with Gasteiger partial charge in [0.05, 0.1) is 12.5 Å². The number of methoxy groups -OCH3 is 1. The molecule has 0 N–H and O–H groups in total. The van der Waals surface area contributed by atoms with E-state index in [0.29, 0.717) is 38.0 Å². The van der Waals surface area contributed by atoms with Crippen LogP contribution in [-0.4, -0.2) is 54.4 Å². The Kier molecular flexibility index (Phi) is 6.09. The molecule has 3 aliphatic rings. The lowest BCUT2D eigenvalue weighted by Gasteiger charge is -2.42. The van der Waals surface area contributed by atoms with E-state index in [1.807, 2.05) is 28.0 Å². The lowest BCUT2D eigenvalue weighted by atomic mass is 9.75. The van der Waals surface area contributed by atoms with Crippen molar-refractivity contribution in [2.45, 2.75) is 56.4 Å². The minimum atomic E-state index is -0.771. The molecular formula is C28H33FN2O3. The van der Waals surface area contributed by atoms with Gasteiger partial charge < -0.3 is 14.5 Å². The Hall–Kier alpha value is -2.89. The van der Waals surface area contributed by atoms with E-state index < -0.39 is 5.41 Å². The van der Waals surface area contributed by atoms with Crippen molar-refractivity contribution in [3.05, 3.63) is 65.5 Å². The van der Waals surface area contributed by atoms with Crippen molar-refractivity contribution in [2.75, 3.05) is 26.7 Å². The summed E-state index contributed by atoms with van der Waals surface area (Å²) in [5.41, 5.74) is 0.939. The molecular weight excluding hydrogens is 431 g/mol. The van der Waals surface area contributed by atoms with Crippen LogP contribution in [0, 0.1) is 11.7 Å². The van der Waals surface area contributed by atoms with Gasteiger partial charge in [0.25, 0.3) is 0 Å². The summed E-state index contributed by atoms with van der Waals surface area (Å²) in [5.74, 6) is 0.979. The third kappa shape index (κ3) is 3.77. The fourth-order valence-electron chi connectivity index (χ4n) is 6.71. The van der Waals surface area contributed by atoms with Gasteiger partial charge in [0.1, 0.15) is 11.6 Å². The monoisotopic (exact) mass is 464 g/mol. The lowest BCUT2D eigenvalue weighted by Crippen LogP contribution is -2.54. The summed E-state index contributed by atoms with van der Waals surface area (Å²) >= 11 is 0. The molecule has 180 valence electrons. The fraction of sp³-hybridized carbons (Fsp3) is 0.500. The number of fused-ring (bicyclic) bond motifs is 1. The van der Waals surface area contributed by atoms with E-state index in [1.165, 1.54) is 11.6 Å². The third-order valence-corrected chi connectivity index (χ3v) is 8.42. The van der Waals surface area contributed by atoms with E-state index in [0.717, 1.165) is 25.0 Å². The van der Waals surface area contributed by atoms with Gasteiger partial charge in [-0.2, -0.15) is 0 Å². The average Bonchev–Trinajstić information content (AvgIpc) is 3.50. The number of rotatable bonds is 4. The van der Waals surface area contributed by atoms with Gasteiger partial charge in [0.15, 0.2) is 0 Å². The second-order valence-electron chi connectivity index (χ2n) is 10.1. The van der Waals surface area contributed by atoms with Gasteiger partial charge >= 0.3 is 0 Å². The molecule has 3 atom stereocenters. The van der Waals surface area contributed by atoms with Crippen LogP contribution in [0.2, 0.25) is 0 Å². The van der Waals surface area contributed by atoms with Crippen LogP contribution in [0.3, 0.4) is 0 Å². The van der Waals surface area contributed by atoms with Crippen molar-refractivity contribution >= 4 is 11.8 Å². The molecule has 0 aromatic heterocycles. The highest BCUT2D eigenvalue weighted by Gasteiger charge is 2.51. The number of nitrogens with zero attached hydrogens (tertiary/aromatic N) is 2. The zero-order valence-corrected chi connectivity index (χ0v) is 20.0. The maximum absolute atomic E-state index is 14.9. The highest BCUT2D eigenvalue weighted by atomic mass is 19.1. The topological polar surface area (TPSA) is 49.9 Å². The quantitative estimate of drug-likeness (QED) is 0.669. The van der Waals surface area contributed by atoms with Gasteiger partial charge in [-0.1, -0.05) is 43.2 Å². The molecule has 2 aliphatic heterocycles. The molecule has 1 aliphatic carbocycles. The van der Waals surface area contributed by atoms with Crippen LogP contribution in [-0.2, 0) is 15.0 Å². The molecule has 0 radical (unpaired) electrons. The van der Waals surface area contributed by atoms with E-state index >= 15 is 0 Å². The molecule has 5 rings (SSSR count). The first-order valence-corrected chi connectivity index (χ1v) is 12.4. The van der Waals surface area contributed by atoms with E-state index in [1.54, 1.807) is 26.2 Å². The molecule has 0 spiro atoms. The van der Waals surface area contributed by atoms with E-state index in [2.05, 4.69) is 12.1 Å². The number of hydrogen-bond donors (Lipinski definition) is 0. The van der Waals surface area contributed by atoms with Crippen LogP contribution >= 0.6 is 0 Å². The minimum absolute atomic E-state index is 0.0586. The fourth-order valence-corrected chi connectivity index (χ4v) is 6.71. The van der Waals surface area contributed by atoms with E-state index in [9.17, 15) is 14.0 Å². The number of benzene rings is 2. The normalized spacial score (nSPS) is 25.8. The first kappa shape index (κ1) is 22.9. The van der Waals surface area contributed by atoms with Crippen molar-refractivity contribution in [1.29, 1.82) is 0 Å². The number of likely N-dealkylation sites (tertiary alicyclic amines) is 2. The molecule has 0 bridgehead atoms. The molecule has 2 heterocycles. The predicted molar refractivity (Wildman–Crippen MR) is 128 cm³/mol. The highest BCUT2D eigenvalue weighted by Crippen LogP contribution is 2.46. The molecule has 1 saturated carbocycles. The van der Waals surface area contributed by atoms with Crippen molar-refractivity contribution in [3.63, 3.8) is 0 Å². The SMILES string of the molecule is COc1ccc([C@H]2CN(C(C)=O)[C@@H]3CCN(C(=O)C4(c5ccccc5F)CCCC4)C[C@H]23)cc1. The van der Waals surface area contributed by atoms with Crippen LogP contribution in [0.15, 0.2) is 48.5 Å². The average molecular weight is 465 g/mol. The number of halogens is 1. The third-order valence-electron chi connectivity index (χ3n) is 8.42. The molecule has 2 aromatic rings. The van der Waals surface area contributed by atoms with Gasteiger partial charge in [-0.25, -0.2) is 4.39 Å². The summed E-state index contributed by atoms with van der Waals surface area (Å²) in [5, 5.41) is 0. The van der Waals surface area contributed by atoms with Gasteiger partial charge in [-0.05, 0) is 43.0 Å². The Morgan fingerprint density at radius 1 is 1.03 bits per heavy atom. The summed E-state index contributed by atoms with van der Waals surface area (Å²) in [7, 11) is 1.65. The number of carbonyl (C=O) groups excluding carboxylic acids is 2. The molecule has 5 nitrogen and oxygen atoms in total. The molecule has 6 heteroatoms. The summed E-state index contributed by atoms with van der Waals surface area (Å²) in [6.45, 7) is 3.50. The Balaban J connectivity index is 1.44. The number of ether oxygens (including phenoxy) is 1. The largest absolute Gasteiger partial charge is 0.497 e. The molecule has 2 amide bonds. The number of hydrogen-bond acceptors (Lipinski definition) is 3. The van der Waals surface area contributed by atoms with E-state index in [4.69, 9.17) is 4.74 Å². The number of carbonyl (C=O) groups is 2. The van der Waals surface area contributed by atoms with Crippen LogP contribution in [0.1, 0.15) is 56.1 Å². The maximum Gasteiger partial charge on any atom is 0.233 e. The van der Waals surface area contributed by atoms with Gasteiger partial charge in [-0.15, -0.1) is 0 Å². The zero-order valence-electron chi connectivity index (χ0n) is 20.0. The second-order valence-corrected chi connectivity index (χ2v) is 10.1. The smallest absolute Gasteiger partial charge is 0.233 e. The molecule has 2 aromatic carbocycles. The Bertz CT molecular complexity index is 1060. The summed E-state index contributed by atoms with van der Waals surface area (Å²) in [6.07, 6.45) is 4.02. The summed E-state index contributed by atoms with van der Waals surface area (Å²) in [6, 6.07) is 15.0. The Labute approximate surface area is 200 Å². The lowest BCUT2D eigenvalue weighted by molar-refractivity contribution is -0.140. The van der Waals surface area contributed by atoms with Crippen LogP contribution < -0.4 is 4.74 Å². The number of amides is 2. The van der Waals surface area contributed by atoms with Crippen molar-refractivity contribution in [1.82, 2.24) is 9.80 Å².